The SMILES string of the molecule is CO[C@@H](C)C/C=C1/C(C)=CCCC1(C)C. The Hall–Kier alpha value is -0.560. The molecule has 1 nitrogen and oxygen atoms in total. The van der Waals surface area contributed by atoms with Gasteiger partial charge in [0.1, 0.15) is 0 Å². The van der Waals surface area contributed by atoms with Gasteiger partial charge in [0.2, 0.25) is 0 Å². The van der Waals surface area contributed by atoms with Gasteiger partial charge in [0.05, 0.1) is 6.10 Å². The molecule has 0 radical (unpaired) electrons. The Labute approximate surface area is 94.2 Å². The molecule has 0 aromatic heterocycles. The summed E-state index contributed by atoms with van der Waals surface area (Å²) in [6.45, 7) is 9.02. The minimum Gasteiger partial charge on any atom is -0.381 e. The second kappa shape index (κ2) is 4.98. The van der Waals surface area contributed by atoms with Crippen LogP contribution in [0.4, 0.5) is 0 Å². The van der Waals surface area contributed by atoms with E-state index in [0.717, 1.165) is 6.42 Å². The topological polar surface area (TPSA) is 9.23 Å². The first kappa shape index (κ1) is 12.5. The molecule has 0 fully saturated rings. The molecular formula is C14H24O. The van der Waals surface area contributed by atoms with Crippen LogP contribution in [0.15, 0.2) is 23.3 Å². The minimum atomic E-state index is 0.322. The maximum atomic E-state index is 5.28. The highest BCUT2D eigenvalue weighted by molar-refractivity contribution is 5.36. The summed E-state index contributed by atoms with van der Waals surface area (Å²) >= 11 is 0. The van der Waals surface area contributed by atoms with Gasteiger partial charge in [0.15, 0.2) is 0 Å². The predicted octanol–water partition coefficient (Wildman–Crippen LogP) is 4.10. The van der Waals surface area contributed by atoms with Gasteiger partial charge >= 0.3 is 0 Å². The molecule has 1 aliphatic rings. The Kier molecular flexibility index (Phi) is 4.15. The number of hydrogen-bond acceptors (Lipinski definition) is 1. The molecule has 1 atom stereocenters. The highest BCUT2D eigenvalue weighted by Crippen LogP contribution is 2.40. The summed E-state index contributed by atoms with van der Waals surface area (Å²) in [7, 11) is 1.78. The van der Waals surface area contributed by atoms with Crippen LogP contribution in [-0.2, 0) is 4.74 Å². The third-order valence-corrected chi connectivity index (χ3v) is 3.43. The Morgan fingerprint density at radius 1 is 1.53 bits per heavy atom. The number of ether oxygens (including phenoxy) is 1. The van der Waals surface area contributed by atoms with Crippen LogP contribution in [0.5, 0.6) is 0 Å². The van der Waals surface area contributed by atoms with Crippen molar-refractivity contribution in [3.8, 4) is 0 Å². The fraction of sp³-hybridized carbons (Fsp3) is 0.714. The van der Waals surface area contributed by atoms with E-state index in [0.29, 0.717) is 11.5 Å². The highest BCUT2D eigenvalue weighted by atomic mass is 16.5. The molecule has 0 heterocycles. The smallest absolute Gasteiger partial charge is 0.0577 e. The van der Waals surface area contributed by atoms with E-state index >= 15 is 0 Å². The van der Waals surface area contributed by atoms with Gasteiger partial charge in [-0.25, -0.2) is 0 Å². The largest absolute Gasteiger partial charge is 0.381 e. The molecule has 0 N–H and O–H groups in total. The van der Waals surface area contributed by atoms with E-state index in [1.807, 2.05) is 0 Å². The van der Waals surface area contributed by atoms with Gasteiger partial charge in [0, 0.05) is 7.11 Å². The maximum Gasteiger partial charge on any atom is 0.0577 e. The molecule has 0 spiro atoms. The molecule has 0 amide bonds. The van der Waals surface area contributed by atoms with Crippen molar-refractivity contribution >= 4 is 0 Å². The maximum absolute atomic E-state index is 5.28. The molecule has 86 valence electrons. The molecule has 1 aliphatic carbocycles. The summed E-state index contributed by atoms with van der Waals surface area (Å²) in [6.07, 6.45) is 8.53. The van der Waals surface area contributed by atoms with Gasteiger partial charge in [-0.05, 0) is 44.1 Å². The van der Waals surface area contributed by atoms with Crippen LogP contribution in [0, 0.1) is 5.41 Å². The van der Waals surface area contributed by atoms with Crippen molar-refractivity contribution in [1.29, 1.82) is 0 Å². The molecule has 1 heteroatoms. The van der Waals surface area contributed by atoms with Crippen molar-refractivity contribution in [2.24, 2.45) is 5.41 Å². The lowest BCUT2D eigenvalue weighted by Crippen LogP contribution is -2.19. The lowest BCUT2D eigenvalue weighted by atomic mass is 9.73. The molecule has 0 saturated carbocycles. The van der Waals surface area contributed by atoms with Gasteiger partial charge in [-0.3, -0.25) is 0 Å². The van der Waals surface area contributed by atoms with Crippen LogP contribution in [0.2, 0.25) is 0 Å². The number of rotatable bonds is 3. The fourth-order valence-electron chi connectivity index (χ4n) is 2.25. The van der Waals surface area contributed by atoms with Crippen LogP contribution in [-0.4, -0.2) is 13.2 Å². The predicted molar refractivity (Wildman–Crippen MR) is 65.9 cm³/mol. The quantitative estimate of drug-likeness (QED) is 0.678. The monoisotopic (exact) mass is 208 g/mol. The summed E-state index contributed by atoms with van der Waals surface area (Å²) in [5.74, 6) is 0. The van der Waals surface area contributed by atoms with Gasteiger partial charge in [-0.2, -0.15) is 0 Å². The molecule has 1 rings (SSSR count). The minimum absolute atomic E-state index is 0.322. The van der Waals surface area contributed by atoms with Crippen molar-refractivity contribution in [1.82, 2.24) is 0 Å². The first-order valence-electron chi connectivity index (χ1n) is 5.88. The van der Waals surface area contributed by atoms with Gasteiger partial charge in [-0.1, -0.05) is 31.6 Å². The highest BCUT2D eigenvalue weighted by Gasteiger charge is 2.26. The summed E-state index contributed by atoms with van der Waals surface area (Å²) < 4.78 is 5.28. The average molecular weight is 208 g/mol. The summed E-state index contributed by atoms with van der Waals surface area (Å²) in [6, 6.07) is 0. The van der Waals surface area contributed by atoms with Gasteiger partial charge in [0.25, 0.3) is 0 Å². The number of hydrogen-bond donors (Lipinski definition) is 0. The van der Waals surface area contributed by atoms with E-state index < -0.39 is 0 Å². The first-order chi connectivity index (χ1) is 6.97. The van der Waals surface area contributed by atoms with Gasteiger partial charge < -0.3 is 4.74 Å². The second-order valence-electron chi connectivity index (χ2n) is 5.21. The average Bonchev–Trinajstić information content (AvgIpc) is 2.15. The second-order valence-corrected chi connectivity index (χ2v) is 5.21. The van der Waals surface area contributed by atoms with Crippen molar-refractivity contribution < 1.29 is 4.74 Å². The zero-order valence-electron chi connectivity index (χ0n) is 10.8. The zero-order chi connectivity index (χ0) is 11.5. The van der Waals surface area contributed by atoms with E-state index in [2.05, 4.69) is 39.8 Å². The molecule has 0 aromatic rings. The lowest BCUT2D eigenvalue weighted by molar-refractivity contribution is 0.120. The molecule has 15 heavy (non-hydrogen) atoms. The van der Waals surface area contributed by atoms with E-state index in [9.17, 15) is 0 Å². The van der Waals surface area contributed by atoms with Gasteiger partial charge in [-0.15, -0.1) is 0 Å². The normalized spacial score (nSPS) is 25.1. The van der Waals surface area contributed by atoms with Crippen LogP contribution in [0.3, 0.4) is 0 Å². The summed E-state index contributed by atoms with van der Waals surface area (Å²) in [4.78, 5) is 0. The Morgan fingerprint density at radius 3 is 2.73 bits per heavy atom. The lowest BCUT2D eigenvalue weighted by Gasteiger charge is -2.32. The van der Waals surface area contributed by atoms with E-state index in [1.54, 1.807) is 7.11 Å². The standard InChI is InChI=1S/C14H24O/c1-11-7-6-10-14(3,4)13(11)9-8-12(2)15-5/h7,9,12H,6,8,10H2,1-5H3/b13-9-/t12-/m0/s1. The van der Waals surface area contributed by atoms with Crippen LogP contribution in [0.1, 0.15) is 47.0 Å². The van der Waals surface area contributed by atoms with Crippen molar-refractivity contribution in [3.63, 3.8) is 0 Å². The van der Waals surface area contributed by atoms with Crippen molar-refractivity contribution in [3.05, 3.63) is 23.3 Å². The van der Waals surface area contributed by atoms with E-state index in [1.165, 1.54) is 24.0 Å². The molecule has 0 aromatic carbocycles. The first-order valence-corrected chi connectivity index (χ1v) is 5.88. The number of methoxy groups -OCH3 is 1. The fourth-order valence-corrected chi connectivity index (χ4v) is 2.25. The molecule has 0 saturated heterocycles. The van der Waals surface area contributed by atoms with Crippen LogP contribution >= 0.6 is 0 Å². The van der Waals surface area contributed by atoms with Crippen LogP contribution in [0.25, 0.3) is 0 Å². The Morgan fingerprint density at radius 2 is 2.20 bits per heavy atom. The van der Waals surface area contributed by atoms with Crippen molar-refractivity contribution in [2.45, 2.75) is 53.1 Å². The third kappa shape index (κ3) is 3.20. The molecule has 0 aliphatic heterocycles. The summed E-state index contributed by atoms with van der Waals surface area (Å²) in [5, 5.41) is 0. The van der Waals surface area contributed by atoms with Crippen molar-refractivity contribution in [2.75, 3.05) is 7.11 Å². The van der Waals surface area contributed by atoms with E-state index in [4.69, 9.17) is 4.74 Å². The molecule has 0 unspecified atom stereocenters. The summed E-state index contributed by atoms with van der Waals surface area (Å²) in [5.41, 5.74) is 3.30. The Balaban J connectivity index is 2.79. The molecular weight excluding hydrogens is 184 g/mol. The van der Waals surface area contributed by atoms with Crippen LogP contribution < -0.4 is 0 Å². The molecule has 0 bridgehead atoms. The third-order valence-electron chi connectivity index (χ3n) is 3.43. The van der Waals surface area contributed by atoms with E-state index in [-0.39, 0.29) is 0 Å². The zero-order valence-corrected chi connectivity index (χ0v) is 10.8. The number of allylic oxidation sites excluding steroid dienone is 3. The Bertz CT molecular complexity index is 271.